The Morgan fingerprint density at radius 2 is 2.14 bits per heavy atom. The minimum atomic E-state index is -0.348. The van der Waals surface area contributed by atoms with Crippen LogP contribution in [0.25, 0.3) is 0 Å². The summed E-state index contributed by atoms with van der Waals surface area (Å²) >= 11 is 1.80. The van der Waals surface area contributed by atoms with Crippen molar-refractivity contribution in [3.8, 4) is 0 Å². The van der Waals surface area contributed by atoms with E-state index in [0.717, 1.165) is 17.9 Å². The predicted molar refractivity (Wildman–Crippen MR) is 86.0 cm³/mol. The van der Waals surface area contributed by atoms with Crippen molar-refractivity contribution in [1.82, 2.24) is 10.2 Å². The zero-order chi connectivity index (χ0) is 15.1. The molecule has 1 aliphatic heterocycles. The number of nitrogens with one attached hydrogen (secondary N) is 1. The smallest absolute Gasteiger partial charge is 0.242 e. The molecule has 21 heavy (non-hydrogen) atoms. The Bertz CT molecular complexity index is 478. The third-order valence-electron chi connectivity index (χ3n) is 3.61. The third-order valence-corrected chi connectivity index (χ3v) is 4.64. The van der Waals surface area contributed by atoms with E-state index in [1.165, 1.54) is 5.56 Å². The molecule has 1 atom stereocenters. The van der Waals surface area contributed by atoms with E-state index < -0.39 is 0 Å². The monoisotopic (exact) mass is 306 g/mol. The van der Waals surface area contributed by atoms with Gasteiger partial charge in [-0.1, -0.05) is 30.3 Å². The minimum absolute atomic E-state index is 0.0504. The molecule has 114 valence electrons. The molecular formula is C16H22N2O2S. The first-order chi connectivity index (χ1) is 10.2. The highest BCUT2D eigenvalue weighted by Crippen LogP contribution is 2.14. The number of rotatable bonds is 7. The first-order valence-electron chi connectivity index (χ1n) is 7.37. The standard InChI is InChI=1S/C16H22N2O2S/c1-13(18-10-5-8-15(18)19)16(20)17-9-11-21-12-14-6-3-2-4-7-14/h2-4,6-7,13H,5,8-12H2,1H3,(H,17,20)/t13-/m1/s1. The van der Waals surface area contributed by atoms with Crippen LogP contribution in [0.1, 0.15) is 25.3 Å². The molecule has 4 nitrogen and oxygen atoms in total. The van der Waals surface area contributed by atoms with E-state index in [1.807, 2.05) is 18.2 Å². The maximum absolute atomic E-state index is 12.0. The molecule has 1 heterocycles. The molecule has 0 spiro atoms. The van der Waals surface area contributed by atoms with E-state index >= 15 is 0 Å². The van der Waals surface area contributed by atoms with Gasteiger partial charge in [0.15, 0.2) is 0 Å². The number of hydrogen-bond donors (Lipinski definition) is 1. The summed E-state index contributed by atoms with van der Waals surface area (Å²) < 4.78 is 0. The highest BCUT2D eigenvalue weighted by atomic mass is 32.2. The fourth-order valence-electron chi connectivity index (χ4n) is 2.38. The molecule has 1 saturated heterocycles. The molecule has 1 N–H and O–H groups in total. The highest BCUT2D eigenvalue weighted by molar-refractivity contribution is 7.98. The molecular weight excluding hydrogens is 284 g/mol. The van der Waals surface area contributed by atoms with Crippen LogP contribution >= 0.6 is 11.8 Å². The number of thioether (sulfide) groups is 1. The summed E-state index contributed by atoms with van der Waals surface area (Å²) in [4.78, 5) is 25.3. The molecule has 0 aromatic heterocycles. The van der Waals surface area contributed by atoms with Gasteiger partial charge < -0.3 is 10.2 Å². The van der Waals surface area contributed by atoms with E-state index in [9.17, 15) is 9.59 Å². The Morgan fingerprint density at radius 3 is 2.81 bits per heavy atom. The van der Waals surface area contributed by atoms with Crippen molar-refractivity contribution >= 4 is 23.6 Å². The van der Waals surface area contributed by atoms with Crippen molar-refractivity contribution in [2.45, 2.75) is 31.6 Å². The number of carbonyl (C=O) groups is 2. The lowest BCUT2D eigenvalue weighted by atomic mass is 10.2. The Hall–Kier alpha value is -1.49. The van der Waals surface area contributed by atoms with Gasteiger partial charge in [0.2, 0.25) is 11.8 Å². The van der Waals surface area contributed by atoms with Crippen LogP contribution in [0.4, 0.5) is 0 Å². The third kappa shape index (κ3) is 4.77. The average molecular weight is 306 g/mol. The van der Waals surface area contributed by atoms with E-state index in [1.54, 1.807) is 23.6 Å². The van der Waals surface area contributed by atoms with Gasteiger partial charge in [0.1, 0.15) is 6.04 Å². The zero-order valence-corrected chi connectivity index (χ0v) is 13.2. The van der Waals surface area contributed by atoms with Crippen LogP contribution in [-0.2, 0) is 15.3 Å². The van der Waals surface area contributed by atoms with Crippen LogP contribution < -0.4 is 5.32 Å². The van der Waals surface area contributed by atoms with E-state index in [-0.39, 0.29) is 17.9 Å². The Morgan fingerprint density at radius 1 is 1.38 bits per heavy atom. The van der Waals surface area contributed by atoms with Gasteiger partial charge in [-0.2, -0.15) is 11.8 Å². The van der Waals surface area contributed by atoms with Crippen molar-refractivity contribution in [2.24, 2.45) is 0 Å². The topological polar surface area (TPSA) is 49.4 Å². The summed E-state index contributed by atoms with van der Waals surface area (Å²) in [5.74, 6) is 1.87. The van der Waals surface area contributed by atoms with E-state index in [2.05, 4.69) is 17.4 Å². The zero-order valence-electron chi connectivity index (χ0n) is 12.4. The summed E-state index contributed by atoms with van der Waals surface area (Å²) in [5.41, 5.74) is 1.30. The van der Waals surface area contributed by atoms with Crippen LogP contribution in [0.15, 0.2) is 30.3 Å². The van der Waals surface area contributed by atoms with Gasteiger partial charge in [-0.05, 0) is 18.9 Å². The van der Waals surface area contributed by atoms with Crippen LogP contribution in [0.2, 0.25) is 0 Å². The second-order valence-corrected chi connectivity index (χ2v) is 6.30. The molecule has 1 aliphatic rings. The average Bonchev–Trinajstić information content (AvgIpc) is 2.93. The first kappa shape index (κ1) is 15.9. The quantitative estimate of drug-likeness (QED) is 0.784. The molecule has 2 amide bonds. The fraction of sp³-hybridized carbons (Fsp3) is 0.500. The maximum atomic E-state index is 12.0. The van der Waals surface area contributed by atoms with Gasteiger partial charge in [-0.25, -0.2) is 0 Å². The van der Waals surface area contributed by atoms with Gasteiger partial charge in [0.25, 0.3) is 0 Å². The fourth-order valence-corrected chi connectivity index (χ4v) is 3.20. The SMILES string of the molecule is C[C@H](C(=O)NCCSCc1ccccc1)N1CCCC1=O. The van der Waals surface area contributed by atoms with E-state index in [4.69, 9.17) is 0 Å². The normalized spacial score (nSPS) is 16.0. The second-order valence-electron chi connectivity index (χ2n) is 5.20. The molecule has 1 aromatic rings. The first-order valence-corrected chi connectivity index (χ1v) is 8.53. The number of hydrogen-bond acceptors (Lipinski definition) is 3. The Labute approximate surface area is 130 Å². The molecule has 5 heteroatoms. The van der Waals surface area contributed by atoms with Crippen LogP contribution in [0, 0.1) is 0 Å². The second kappa shape index (κ2) is 8.08. The lowest BCUT2D eigenvalue weighted by molar-refractivity contribution is -0.136. The molecule has 0 aliphatic carbocycles. The van der Waals surface area contributed by atoms with Crippen molar-refractivity contribution in [3.63, 3.8) is 0 Å². The molecule has 0 bridgehead atoms. The predicted octanol–water partition coefficient (Wildman–Crippen LogP) is 2.05. The Kier molecular flexibility index (Phi) is 6.11. The van der Waals surface area contributed by atoms with Crippen molar-refractivity contribution < 1.29 is 9.59 Å². The number of likely N-dealkylation sites (tertiary alicyclic amines) is 1. The van der Waals surface area contributed by atoms with Gasteiger partial charge in [0.05, 0.1) is 0 Å². The highest BCUT2D eigenvalue weighted by Gasteiger charge is 2.28. The maximum Gasteiger partial charge on any atom is 0.242 e. The number of carbonyl (C=O) groups excluding carboxylic acids is 2. The van der Waals surface area contributed by atoms with Crippen LogP contribution in [0.3, 0.4) is 0 Å². The lowest BCUT2D eigenvalue weighted by Crippen LogP contribution is -2.46. The van der Waals surface area contributed by atoms with Gasteiger partial charge in [-0.15, -0.1) is 0 Å². The summed E-state index contributed by atoms with van der Waals surface area (Å²) in [6.45, 7) is 3.15. The van der Waals surface area contributed by atoms with Crippen molar-refractivity contribution in [2.75, 3.05) is 18.8 Å². The summed E-state index contributed by atoms with van der Waals surface area (Å²) in [6, 6.07) is 9.94. The van der Waals surface area contributed by atoms with Gasteiger partial charge >= 0.3 is 0 Å². The number of nitrogens with zero attached hydrogens (tertiary/aromatic N) is 1. The number of benzene rings is 1. The van der Waals surface area contributed by atoms with Crippen molar-refractivity contribution in [1.29, 1.82) is 0 Å². The van der Waals surface area contributed by atoms with Crippen molar-refractivity contribution in [3.05, 3.63) is 35.9 Å². The summed E-state index contributed by atoms with van der Waals surface area (Å²) in [5, 5.41) is 2.91. The molecule has 0 unspecified atom stereocenters. The summed E-state index contributed by atoms with van der Waals surface area (Å²) in [6.07, 6.45) is 1.44. The molecule has 2 rings (SSSR count). The molecule has 0 radical (unpaired) electrons. The van der Waals surface area contributed by atoms with E-state index in [0.29, 0.717) is 19.5 Å². The number of amides is 2. The summed E-state index contributed by atoms with van der Waals surface area (Å²) in [7, 11) is 0. The minimum Gasteiger partial charge on any atom is -0.353 e. The van der Waals surface area contributed by atoms with Gasteiger partial charge in [-0.3, -0.25) is 9.59 Å². The van der Waals surface area contributed by atoms with Gasteiger partial charge in [0, 0.05) is 31.0 Å². The molecule has 1 fully saturated rings. The Balaban J connectivity index is 1.62. The van der Waals surface area contributed by atoms with Crippen LogP contribution in [-0.4, -0.2) is 41.6 Å². The lowest BCUT2D eigenvalue weighted by Gasteiger charge is -2.23. The largest absolute Gasteiger partial charge is 0.353 e. The van der Waals surface area contributed by atoms with Crippen LogP contribution in [0.5, 0.6) is 0 Å². The molecule has 0 saturated carbocycles. The molecule has 1 aromatic carbocycles.